The van der Waals surface area contributed by atoms with Crippen LogP contribution in [0.25, 0.3) is 0 Å². The lowest BCUT2D eigenvalue weighted by Gasteiger charge is -2.26. The predicted molar refractivity (Wildman–Crippen MR) is 108 cm³/mol. The van der Waals surface area contributed by atoms with Crippen LogP contribution < -0.4 is 5.32 Å². The van der Waals surface area contributed by atoms with Gasteiger partial charge < -0.3 is 5.32 Å². The standard InChI is InChI=1S/C22H28ClN3O/c1-21(2,3)26-19-16-10-14(16)11-17(19)18(25-26)20(27)24-22(4,5)12-13-6-8-15(23)9-7-13/h6-9,14,16H,10-12H2,1-5H3,(H,24,27)/t14-,16-/m1/s1. The second-order valence-electron chi connectivity index (χ2n) is 9.74. The van der Waals surface area contributed by atoms with E-state index in [2.05, 4.69) is 44.6 Å². The topological polar surface area (TPSA) is 46.9 Å². The molecule has 144 valence electrons. The van der Waals surface area contributed by atoms with E-state index in [0.29, 0.717) is 11.6 Å². The molecule has 2 aliphatic carbocycles. The summed E-state index contributed by atoms with van der Waals surface area (Å²) in [4.78, 5) is 13.1. The second-order valence-corrected chi connectivity index (χ2v) is 10.2. The Kier molecular flexibility index (Phi) is 4.19. The summed E-state index contributed by atoms with van der Waals surface area (Å²) in [7, 11) is 0. The quantitative estimate of drug-likeness (QED) is 0.828. The van der Waals surface area contributed by atoms with Crippen LogP contribution in [0.2, 0.25) is 5.02 Å². The van der Waals surface area contributed by atoms with Gasteiger partial charge in [0.15, 0.2) is 5.69 Å². The number of benzene rings is 1. The molecule has 1 N–H and O–H groups in total. The summed E-state index contributed by atoms with van der Waals surface area (Å²) in [5.41, 5.74) is 3.76. The van der Waals surface area contributed by atoms with Gasteiger partial charge in [0.2, 0.25) is 0 Å². The molecule has 2 aromatic rings. The van der Waals surface area contributed by atoms with Gasteiger partial charge in [0, 0.05) is 27.7 Å². The highest BCUT2D eigenvalue weighted by Gasteiger charge is 2.51. The number of rotatable bonds is 4. The number of hydrogen-bond acceptors (Lipinski definition) is 2. The molecule has 4 nitrogen and oxygen atoms in total. The van der Waals surface area contributed by atoms with Crippen molar-refractivity contribution in [1.82, 2.24) is 15.1 Å². The molecule has 1 aromatic carbocycles. The Labute approximate surface area is 166 Å². The molecule has 27 heavy (non-hydrogen) atoms. The Balaban J connectivity index is 1.56. The summed E-state index contributed by atoms with van der Waals surface area (Å²) in [5, 5.41) is 8.71. The van der Waals surface area contributed by atoms with Gasteiger partial charge in [-0.2, -0.15) is 5.10 Å². The molecule has 1 fully saturated rings. The molecule has 4 rings (SSSR count). The minimum absolute atomic E-state index is 0.0606. The normalized spacial score (nSPS) is 21.0. The Morgan fingerprint density at radius 1 is 1.22 bits per heavy atom. The Hall–Kier alpha value is -1.81. The number of hydrogen-bond donors (Lipinski definition) is 1. The molecule has 1 heterocycles. The van der Waals surface area contributed by atoms with Crippen LogP contribution in [0.3, 0.4) is 0 Å². The summed E-state index contributed by atoms with van der Waals surface area (Å²) in [5.74, 6) is 1.27. The van der Waals surface area contributed by atoms with Crippen LogP contribution in [-0.2, 0) is 18.4 Å². The van der Waals surface area contributed by atoms with Crippen molar-refractivity contribution in [3.8, 4) is 0 Å². The number of nitrogens with one attached hydrogen (secondary N) is 1. The molecule has 0 spiro atoms. The minimum atomic E-state index is -0.370. The molecule has 2 atom stereocenters. The maximum absolute atomic E-state index is 13.1. The van der Waals surface area contributed by atoms with Crippen molar-refractivity contribution in [2.75, 3.05) is 0 Å². The second kappa shape index (κ2) is 6.10. The summed E-state index contributed by atoms with van der Waals surface area (Å²) in [6.07, 6.45) is 2.98. The van der Waals surface area contributed by atoms with E-state index in [4.69, 9.17) is 16.7 Å². The number of fused-ring (bicyclic) bond motifs is 3. The molecule has 0 radical (unpaired) electrons. The number of nitrogens with zero attached hydrogens (tertiary/aromatic N) is 2. The zero-order valence-corrected chi connectivity index (χ0v) is 17.5. The van der Waals surface area contributed by atoms with Crippen LogP contribution in [0.4, 0.5) is 0 Å². The largest absolute Gasteiger partial charge is 0.345 e. The highest BCUT2D eigenvalue weighted by molar-refractivity contribution is 6.30. The first-order chi connectivity index (χ1) is 12.5. The van der Waals surface area contributed by atoms with E-state index < -0.39 is 0 Å². The van der Waals surface area contributed by atoms with E-state index in [1.807, 2.05) is 24.3 Å². The third-order valence-corrected chi connectivity index (χ3v) is 5.88. The van der Waals surface area contributed by atoms with Crippen LogP contribution in [0.15, 0.2) is 24.3 Å². The molecule has 5 heteroatoms. The average Bonchev–Trinajstić information content (AvgIpc) is 3.03. The van der Waals surface area contributed by atoms with Crippen LogP contribution in [0.1, 0.15) is 74.3 Å². The van der Waals surface area contributed by atoms with Gasteiger partial charge in [-0.25, -0.2) is 0 Å². The van der Waals surface area contributed by atoms with Gasteiger partial charge in [-0.3, -0.25) is 9.48 Å². The van der Waals surface area contributed by atoms with Crippen LogP contribution in [-0.4, -0.2) is 21.2 Å². The molecule has 0 unspecified atom stereocenters. The third-order valence-electron chi connectivity index (χ3n) is 5.63. The van der Waals surface area contributed by atoms with Gasteiger partial charge in [0.05, 0.1) is 5.54 Å². The summed E-state index contributed by atoms with van der Waals surface area (Å²) < 4.78 is 2.10. The molecule has 0 saturated heterocycles. The lowest BCUT2D eigenvalue weighted by Crippen LogP contribution is -2.45. The summed E-state index contributed by atoms with van der Waals surface area (Å²) in [6, 6.07) is 7.80. The first kappa shape index (κ1) is 18.5. The number of halogens is 1. The maximum atomic E-state index is 13.1. The number of aromatic nitrogens is 2. The van der Waals surface area contributed by atoms with E-state index in [0.717, 1.165) is 29.3 Å². The van der Waals surface area contributed by atoms with Crippen molar-refractivity contribution in [3.05, 3.63) is 51.8 Å². The third kappa shape index (κ3) is 3.52. The summed E-state index contributed by atoms with van der Waals surface area (Å²) in [6.45, 7) is 10.6. The molecular formula is C22H28ClN3O. The average molecular weight is 386 g/mol. The molecule has 1 saturated carbocycles. The highest BCUT2D eigenvalue weighted by Crippen LogP contribution is 2.57. The van der Waals surface area contributed by atoms with Crippen molar-refractivity contribution < 1.29 is 4.79 Å². The number of carbonyl (C=O) groups is 1. The van der Waals surface area contributed by atoms with E-state index in [9.17, 15) is 4.79 Å². The predicted octanol–water partition coefficient (Wildman–Crippen LogP) is 4.70. The van der Waals surface area contributed by atoms with Crippen molar-refractivity contribution in [1.29, 1.82) is 0 Å². The first-order valence-corrected chi connectivity index (χ1v) is 10.1. The van der Waals surface area contributed by atoms with Gasteiger partial charge in [-0.05, 0) is 77.5 Å². The number of carbonyl (C=O) groups excluding carboxylic acids is 1. The zero-order valence-electron chi connectivity index (χ0n) is 16.8. The van der Waals surface area contributed by atoms with Crippen molar-refractivity contribution >= 4 is 17.5 Å². The fourth-order valence-electron chi connectivity index (χ4n) is 4.33. The molecule has 1 amide bonds. The SMILES string of the molecule is CC(C)(Cc1ccc(Cl)cc1)NC(=O)c1nn(C(C)(C)C)c2c1C[C@H]1C[C@@H]21. The Morgan fingerprint density at radius 2 is 1.89 bits per heavy atom. The van der Waals surface area contributed by atoms with E-state index in [-0.39, 0.29) is 17.0 Å². The van der Waals surface area contributed by atoms with Crippen LogP contribution in [0, 0.1) is 5.92 Å². The molecular weight excluding hydrogens is 358 g/mol. The molecule has 0 aliphatic heterocycles. The van der Waals surface area contributed by atoms with E-state index >= 15 is 0 Å². The first-order valence-electron chi connectivity index (χ1n) is 9.74. The van der Waals surface area contributed by atoms with Crippen molar-refractivity contribution in [2.45, 2.75) is 70.9 Å². The van der Waals surface area contributed by atoms with E-state index in [1.54, 1.807) is 0 Å². The van der Waals surface area contributed by atoms with Gasteiger partial charge in [0.1, 0.15) is 0 Å². The molecule has 1 aromatic heterocycles. The van der Waals surface area contributed by atoms with Gasteiger partial charge >= 0.3 is 0 Å². The Bertz CT molecular complexity index is 890. The maximum Gasteiger partial charge on any atom is 0.272 e. The fraction of sp³-hybridized carbons (Fsp3) is 0.545. The van der Waals surface area contributed by atoms with Crippen molar-refractivity contribution in [2.24, 2.45) is 5.92 Å². The lowest BCUT2D eigenvalue weighted by atomic mass is 9.94. The smallest absolute Gasteiger partial charge is 0.272 e. The van der Waals surface area contributed by atoms with Gasteiger partial charge in [0.25, 0.3) is 5.91 Å². The zero-order chi connectivity index (χ0) is 19.6. The van der Waals surface area contributed by atoms with Crippen molar-refractivity contribution in [3.63, 3.8) is 0 Å². The minimum Gasteiger partial charge on any atom is -0.345 e. The van der Waals surface area contributed by atoms with E-state index in [1.165, 1.54) is 17.7 Å². The van der Waals surface area contributed by atoms with Crippen LogP contribution in [0.5, 0.6) is 0 Å². The Morgan fingerprint density at radius 3 is 2.52 bits per heavy atom. The van der Waals surface area contributed by atoms with Crippen LogP contribution >= 0.6 is 11.6 Å². The molecule has 2 aliphatic rings. The highest BCUT2D eigenvalue weighted by atomic mass is 35.5. The number of amides is 1. The van der Waals surface area contributed by atoms with Gasteiger partial charge in [-0.15, -0.1) is 0 Å². The summed E-state index contributed by atoms with van der Waals surface area (Å²) >= 11 is 5.98. The monoisotopic (exact) mass is 385 g/mol. The lowest BCUT2D eigenvalue weighted by molar-refractivity contribution is 0.0905. The van der Waals surface area contributed by atoms with Gasteiger partial charge in [-0.1, -0.05) is 23.7 Å². The molecule has 0 bridgehead atoms. The fourth-order valence-corrected chi connectivity index (χ4v) is 4.46.